The molecule has 2 N–H and O–H groups in total. The molecule has 98 valence electrons. The van der Waals surface area contributed by atoms with Gasteiger partial charge in [-0.15, -0.1) is 0 Å². The van der Waals surface area contributed by atoms with E-state index in [4.69, 9.17) is 10.2 Å². The van der Waals surface area contributed by atoms with Crippen molar-refractivity contribution < 1.29 is 19.8 Å². The average Bonchev–Trinajstić information content (AvgIpc) is 2.38. The number of aromatic nitrogens is 1. The van der Waals surface area contributed by atoms with Crippen molar-refractivity contribution in [2.24, 2.45) is 0 Å². The lowest BCUT2D eigenvalue weighted by Crippen LogP contribution is -2.47. The number of hydrogen-bond donors (Lipinski definition) is 2. The zero-order chi connectivity index (χ0) is 13.5. The number of hydrogen-bond acceptors (Lipinski definition) is 4. The van der Waals surface area contributed by atoms with Crippen LogP contribution < -0.4 is 0 Å². The first-order valence-corrected chi connectivity index (χ1v) is 5.67. The molecule has 0 fully saturated rings. The molecule has 1 rings (SSSR count). The molecule has 1 heterocycles. The molecule has 1 amide bonds. The number of aliphatic hydroxyl groups is 1. The minimum absolute atomic E-state index is 0.172. The highest BCUT2D eigenvalue weighted by Crippen LogP contribution is 2.08. The van der Waals surface area contributed by atoms with Gasteiger partial charge >= 0.3 is 5.97 Å². The van der Waals surface area contributed by atoms with Crippen LogP contribution in [0.15, 0.2) is 24.4 Å². The molecule has 0 radical (unpaired) electrons. The van der Waals surface area contributed by atoms with E-state index in [-0.39, 0.29) is 12.2 Å². The summed E-state index contributed by atoms with van der Waals surface area (Å²) in [4.78, 5) is 28.2. The van der Waals surface area contributed by atoms with Crippen LogP contribution in [0.3, 0.4) is 0 Å². The monoisotopic (exact) mass is 252 g/mol. The van der Waals surface area contributed by atoms with Gasteiger partial charge in [-0.25, -0.2) is 4.79 Å². The fraction of sp³-hybridized carbons (Fsp3) is 0.417. The molecule has 0 aromatic carbocycles. The van der Waals surface area contributed by atoms with E-state index in [1.165, 1.54) is 12.3 Å². The van der Waals surface area contributed by atoms with Gasteiger partial charge in [0.15, 0.2) is 6.04 Å². The van der Waals surface area contributed by atoms with Gasteiger partial charge in [-0.05, 0) is 18.6 Å². The van der Waals surface area contributed by atoms with Crippen LogP contribution in [0, 0.1) is 0 Å². The second-order valence-corrected chi connectivity index (χ2v) is 3.75. The molecule has 0 aliphatic carbocycles. The van der Waals surface area contributed by atoms with Crippen LogP contribution in [0.1, 0.15) is 23.8 Å². The number of carboxylic acid groups (broad SMARTS) is 1. The fourth-order valence-electron chi connectivity index (χ4n) is 1.59. The van der Waals surface area contributed by atoms with Crippen LogP contribution in [-0.2, 0) is 4.79 Å². The summed E-state index contributed by atoms with van der Waals surface area (Å²) in [6.07, 6.45) is 2.06. The lowest BCUT2D eigenvalue weighted by atomic mass is 10.2. The van der Waals surface area contributed by atoms with Gasteiger partial charge in [0.05, 0.1) is 6.61 Å². The Hall–Kier alpha value is -1.95. The van der Waals surface area contributed by atoms with E-state index in [1.807, 2.05) is 6.92 Å². The maximum atomic E-state index is 12.1. The van der Waals surface area contributed by atoms with Gasteiger partial charge in [0.25, 0.3) is 5.91 Å². The number of nitrogens with zero attached hydrogens (tertiary/aromatic N) is 2. The predicted octanol–water partition coefficient (Wildman–Crippen LogP) is 0.379. The Balaban J connectivity index is 2.97. The Bertz CT molecular complexity index is 408. The Morgan fingerprint density at radius 1 is 1.44 bits per heavy atom. The van der Waals surface area contributed by atoms with Crippen molar-refractivity contribution in [1.29, 1.82) is 0 Å². The summed E-state index contributed by atoms with van der Waals surface area (Å²) < 4.78 is 0. The van der Waals surface area contributed by atoms with Crippen molar-refractivity contribution in [3.05, 3.63) is 30.1 Å². The number of aliphatic hydroxyl groups excluding tert-OH is 1. The van der Waals surface area contributed by atoms with E-state index in [9.17, 15) is 9.59 Å². The predicted molar refractivity (Wildman–Crippen MR) is 64.1 cm³/mol. The van der Waals surface area contributed by atoms with E-state index in [1.54, 1.807) is 12.1 Å². The quantitative estimate of drug-likeness (QED) is 0.763. The number of pyridine rings is 1. The maximum absolute atomic E-state index is 12.1. The van der Waals surface area contributed by atoms with Gasteiger partial charge < -0.3 is 15.1 Å². The zero-order valence-corrected chi connectivity index (χ0v) is 10.1. The standard InChI is InChI=1S/C12H16N2O4/c1-2-7-14(10(8-15)12(17)18)11(16)9-5-3-4-6-13-9/h3-6,10,15H,2,7-8H2,1H3,(H,17,18). The van der Waals surface area contributed by atoms with E-state index in [0.29, 0.717) is 6.42 Å². The van der Waals surface area contributed by atoms with Crippen molar-refractivity contribution in [3.63, 3.8) is 0 Å². The van der Waals surface area contributed by atoms with Crippen molar-refractivity contribution in [1.82, 2.24) is 9.88 Å². The summed E-state index contributed by atoms with van der Waals surface area (Å²) >= 11 is 0. The van der Waals surface area contributed by atoms with E-state index in [2.05, 4.69) is 4.98 Å². The second-order valence-electron chi connectivity index (χ2n) is 3.75. The molecule has 0 bridgehead atoms. The van der Waals surface area contributed by atoms with Crippen LogP contribution in [0.2, 0.25) is 0 Å². The molecule has 1 unspecified atom stereocenters. The highest BCUT2D eigenvalue weighted by molar-refractivity contribution is 5.95. The zero-order valence-electron chi connectivity index (χ0n) is 10.1. The molecule has 0 spiro atoms. The number of carbonyl (C=O) groups excluding carboxylic acids is 1. The summed E-state index contributed by atoms with van der Waals surface area (Å²) in [5.41, 5.74) is 0.172. The Labute approximate surface area is 105 Å². The number of carbonyl (C=O) groups is 2. The SMILES string of the molecule is CCCN(C(=O)c1ccccn1)C(CO)C(=O)O. The molecular weight excluding hydrogens is 236 g/mol. The van der Waals surface area contributed by atoms with Gasteiger partial charge in [-0.2, -0.15) is 0 Å². The Morgan fingerprint density at radius 2 is 2.17 bits per heavy atom. The molecular formula is C12H16N2O4. The summed E-state index contributed by atoms with van der Waals surface area (Å²) in [6, 6.07) is 3.60. The third-order valence-electron chi connectivity index (χ3n) is 2.44. The highest BCUT2D eigenvalue weighted by atomic mass is 16.4. The van der Waals surface area contributed by atoms with Crippen LogP contribution >= 0.6 is 0 Å². The van der Waals surface area contributed by atoms with Gasteiger partial charge in [0, 0.05) is 12.7 Å². The van der Waals surface area contributed by atoms with Gasteiger partial charge in [0.2, 0.25) is 0 Å². The molecule has 6 nitrogen and oxygen atoms in total. The topological polar surface area (TPSA) is 90.7 Å². The van der Waals surface area contributed by atoms with Crippen LogP contribution in [0.4, 0.5) is 0 Å². The van der Waals surface area contributed by atoms with Crippen molar-refractivity contribution in [3.8, 4) is 0 Å². The smallest absolute Gasteiger partial charge is 0.328 e. The molecule has 0 saturated carbocycles. The summed E-state index contributed by atoms with van der Waals surface area (Å²) in [6.45, 7) is 1.47. The van der Waals surface area contributed by atoms with Crippen molar-refractivity contribution in [2.45, 2.75) is 19.4 Å². The largest absolute Gasteiger partial charge is 0.480 e. The third kappa shape index (κ3) is 3.27. The maximum Gasteiger partial charge on any atom is 0.328 e. The molecule has 0 aliphatic heterocycles. The number of amides is 1. The molecule has 18 heavy (non-hydrogen) atoms. The fourth-order valence-corrected chi connectivity index (χ4v) is 1.59. The minimum atomic E-state index is -1.24. The van der Waals surface area contributed by atoms with Crippen molar-refractivity contribution in [2.75, 3.05) is 13.2 Å². The van der Waals surface area contributed by atoms with Crippen molar-refractivity contribution >= 4 is 11.9 Å². The lowest BCUT2D eigenvalue weighted by Gasteiger charge is -2.26. The number of aliphatic carboxylic acids is 1. The summed E-state index contributed by atoms with van der Waals surface area (Å²) in [5.74, 6) is -1.71. The molecule has 1 aromatic heterocycles. The second kappa shape index (κ2) is 6.70. The van der Waals surface area contributed by atoms with Crippen LogP contribution in [0.5, 0.6) is 0 Å². The molecule has 0 saturated heterocycles. The van der Waals surface area contributed by atoms with Gasteiger partial charge in [-0.3, -0.25) is 9.78 Å². The first-order valence-electron chi connectivity index (χ1n) is 5.67. The van der Waals surface area contributed by atoms with E-state index in [0.717, 1.165) is 4.90 Å². The van der Waals surface area contributed by atoms with Crippen LogP contribution in [-0.4, -0.2) is 51.2 Å². The molecule has 1 atom stereocenters. The highest BCUT2D eigenvalue weighted by Gasteiger charge is 2.29. The number of rotatable bonds is 6. The Kier molecular flexibility index (Phi) is 5.26. The number of carboxylic acids is 1. The molecule has 0 aliphatic rings. The van der Waals surface area contributed by atoms with Gasteiger partial charge in [-0.1, -0.05) is 13.0 Å². The summed E-state index contributed by atoms with van der Waals surface area (Å²) in [7, 11) is 0. The molecule has 1 aromatic rings. The third-order valence-corrected chi connectivity index (χ3v) is 2.44. The Morgan fingerprint density at radius 3 is 2.61 bits per heavy atom. The lowest BCUT2D eigenvalue weighted by molar-refractivity contribution is -0.143. The summed E-state index contributed by atoms with van der Waals surface area (Å²) in [5, 5.41) is 18.1. The van der Waals surface area contributed by atoms with E-state index < -0.39 is 24.5 Å². The first-order chi connectivity index (χ1) is 8.61. The normalized spacial score (nSPS) is 11.9. The van der Waals surface area contributed by atoms with Crippen LogP contribution in [0.25, 0.3) is 0 Å². The van der Waals surface area contributed by atoms with Gasteiger partial charge in [0.1, 0.15) is 5.69 Å². The molecule has 6 heteroatoms. The average molecular weight is 252 g/mol. The minimum Gasteiger partial charge on any atom is -0.480 e. The van der Waals surface area contributed by atoms with E-state index >= 15 is 0 Å². The first kappa shape index (κ1) is 14.1.